The van der Waals surface area contributed by atoms with Crippen LogP contribution < -0.4 is 10.8 Å². The van der Waals surface area contributed by atoms with Gasteiger partial charge in [0.25, 0.3) is 0 Å². The summed E-state index contributed by atoms with van der Waals surface area (Å²) >= 11 is 6.43. The van der Waals surface area contributed by atoms with Crippen molar-refractivity contribution in [3.05, 3.63) is 71.4 Å². The quantitative estimate of drug-likeness (QED) is 0.430. The van der Waals surface area contributed by atoms with Crippen LogP contribution in [0, 0.1) is 5.92 Å². The molecule has 6 nitrogen and oxygen atoms in total. The lowest BCUT2D eigenvalue weighted by Gasteiger charge is -2.33. The van der Waals surface area contributed by atoms with Crippen LogP contribution in [-0.4, -0.2) is 52.1 Å². The molecule has 1 unspecified atom stereocenters. The smallest absolute Gasteiger partial charge is 0.150 e. The standard InChI is InChI=1S/C25H25BClN5O/c26-21-14-29-32-24(12-23(30-25(21)32)20-8-1-2-9-22(20)27)28-13-18-6-4-10-31(16-18)15-17-5-3-7-19(33)11-17/h1-3,5,7-9,11-12,14,18,28,33H,4,6,10,13,15-16H2. The van der Waals surface area contributed by atoms with Crippen molar-refractivity contribution in [2.75, 3.05) is 25.0 Å². The molecule has 0 saturated carbocycles. The molecule has 3 heterocycles. The van der Waals surface area contributed by atoms with Gasteiger partial charge in [-0.2, -0.15) is 9.61 Å². The Balaban J connectivity index is 1.33. The number of phenols is 1. The highest BCUT2D eigenvalue weighted by molar-refractivity contribution is 6.36. The highest BCUT2D eigenvalue weighted by Gasteiger charge is 2.21. The summed E-state index contributed by atoms with van der Waals surface area (Å²) in [6.07, 6.45) is 3.94. The molecule has 8 heteroatoms. The molecule has 1 fully saturated rings. The van der Waals surface area contributed by atoms with Crippen molar-refractivity contribution in [3.63, 3.8) is 0 Å². The molecule has 2 aromatic carbocycles. The van der Waals surface area contributed by atoms with Gasteiger partial charge in [-0.1, -0.05) is 41.9 Å². The summed E-state index contributed by atoms with van der Waals surface area (Å²) in [4.78, 5) is 7.16. The van der Waals surface area contributed by atoms with E-state index in [2.05, 4.69) is 21.4 Å². The Morgan fingerprint density at radius 1 is 1.15 bits per heavy atom. The molecule has 166 valence electrons. The Morgan fingerprint density at radius 2 is 2.03 bits per heavy atom. The van der Waals surface area contributed by atoms with Crippen LogP contribution in [0.25, 0.3) is 16.9 Å². The van der Waals surface area contributed by atoms with Crippen molar-refractivity contribution in [2.24, 2.45) is 5.92 Å². The number of hydrogen-bond donors (Lipinski definition) is 2. The topological polar surface area (TPSA) is 65.7 Å². The fourth-order valence-electron chi connectivity index (χ4n) is 4.54. The molecule has 1 atom stereocenters. The lowest BCUT2D eigenvalue weighted by molar-refractivity contribution is 0.173. The summed E-state index contributed by atoms with van der Waals surface area (Å²) in [5.41, 5.74) is 3.90. The number of phenolic OH excluding ortho intramolecular Hbond substituents is 1. The predicted octanol–water partition coefficient (Wildman–Crippen LogP) is 3.87. The van der Waals surface area contributed by atoms with Crippen LogP contribution in [0.15, 0.2) is 60.8 Å². The summed E-state index contributed by atoms with van der Waals surface area (Å²) in [6, 6.07) is 17.2. The summed E-state index contributed by atoms with van der Waals surface area (Å²) in [5, 5.41) is 18.4. The second kappa shape index (κ2) is 9.45. The van der Waals surface area contributed by atoms with Crippen molar-refractivity contribution in [3.8, 4) is 17.0 Å². The summed E-state index contributed by atoms with van der Waals surface area (Å²) in [5.74, 6) is 1.66. The lowest BCUT2D eigenvalue weighted by Crippen LogP contribution is -2.37. The largest absolute Gasteiger partial charge is 0.508 e. The average Bonchev–Trinajstić information content (AvgIpc) is 3.19. The van der Waals surface area contributed by atoms with E-state index in [0.29, 0.717) is 27.8 Å². The minimum Gasteiger partial charge on any atom is -0.508 e. The van der Waals surface area contributed by atoms with Gasteiger partial charge >= 0.3 is 0 Å². The first-order chi connectivity index (χ1) is 16.1. The third-order valence-corrected chi connectivity index (χ3v) is 6.47. The molecule has 0 bridgehead atoms. The maximum atomic E-state index is 9.76. The molecule has 2 N–H and O–H groups in total. The fraction of sp³-hybridized carbons (Fsp3) is 0.280. The van der Waals surface area contributed by atoms with Gasteiger partial charge in [-0.3, -0.25) is 4.90 Å². The number of nitrogens with zero attached hydrogens (tertiary/aromatic N) is 4. The van der Waals surface area contributed by atoms with Crippen molar-refractivity contribution in [2.45, 2.75) is 19.4 Å². The van der Waals surface area contributed by atoms with Gasteiger partial charge in [0.15, 0.2) is 5.65 Å². The zero-order valence-corrected chi connectivity index (χ0v) is 19.0. The minimum absolute atomic E-state index is 0.317. The van der Waals surface area contributed by atoms with Gasteiger partial charge in [0.2, 0.25) is 0 Å². The van der Waals surface area contributed by atoms with Crippen LogP contribution in [0.1, 0.15) is 18.4 Å². The number of likely N-dealkylation sites (tertiary alicyclic amines) is 1. The highest BCUT2D eigenvalue weighted by atomic mass is 35.5. The maximum absolute atomic E-state index is 9.76. The van der Waals surface area contributed by atoms with Crippen LogP contribution in [0.2, 0.25) is 5.02 Å². The predicted molar refractivity (Wildman–Crippen MR) is 133 cm³/mol. The monoisotopic (exact) mass is 457 g/mol. The van der Waals surface area contributed by atoms with Crippen LogP contribution in [0.4, 0.5) is 5.82 Å². The number of anilines is 1. The number of nitrogens with one attached hydrogen (secondary N) is 1. The van der Waals surface area contributed by atoms with Crippen molar-refractivity contribution < 1.29 is 5.11 Å². The number of benzene rings is 2. The molecule has 33 heavy (non-hydrogen) atoms. The molecule has 1 aliphatic heterocycles. The van der Waals surface area contributed by atoms with E-state index in [4.69, 9.17) is 24.4 Å². The number of piperidine rings is 1. The minimum atomic E-state index is 0.317. The second-order valence-electron chi connectivity index (χ2n) is 8.64. The van der Waals surface area contributed by atoms with Gasteiger partial charge in [-0.05, 0) is 54.5 Å². The SMILES string of the molecule is [B]c1cnn2c(NCC3CCCN(Cc4cccc(O)c4)C3)cc(-c3ccccc3Cl)nc12. The zero-order chi connectivity index (χ0) is 22.8. The van der Waals surface area contributed by atoms with Crippen molar-refractivity contribution in [1.82, 2.24) is 19.5 Å². The molecule has 1 saturated heterocycles. The molecule has 0 aliphatic carbocycles. The van der Waals surface area contributed by atoms with Gasteiger partial charge in [-0.15, -0.1) is 0 Å². The van der Waals surface area contributed by atoms with E-state index >= 15 is 0 Å². The summed E-state index contributed by atoms with van der Waals surface area (Å²) < 4.78 is 1.75. The Morgan fingerprint density at radius 3 is 2.88 bits per heavy atom. The van der Waals surface area contributed by atoms with Crippen LogP contribution in [0.5, 0.6) is 5.75 Å². The van der Waals surface area contributed by atoms with Gasteiger partial charge in [-0.25, -0.2) is 4.98 Å². The van der Waals surface area contributed by atoms with Crippen molar-refractivity contribution in [1.29, 1.82) is 0 Å². The molecule has 0 amide bonds. The van der Waals surface area contributed by atoms with Gasteiger partial charge in [0, 0.05) is 42.5 Å². The Labute approximate surface area is 199 Å². The molecule has 1 aliphatic rings. The Kier molecular flexibility index (Phi) is 6.25. The molecule has 5 rings (SSSR count). The lowest BCUT2D eigenvalue weighted by atomic mass is 9.97. The molecule has 4 aromatic rings. The summed E-state index contributed by atoms with van der Waals surface area (Å²) in [6.45, 7) is 3.72. The van der Waals surface area contributed by atoms with Gasteiger partial charge in [0.05, 0.1) is 5.69 Å². The molecular formula is C25H25BClN5O. The maximum Gasteiger partial charge on any atom is 0.150 e. The normalized spacial score (nSPS) is 16.8. The number of halogens is 1. The Bertz CT molecular complexity index is 1280. The molecule has 2 radical (unpaired) electrons. The number of aromatic hydroxyl groups is 1. The first-order valence-electron chi connectivity index (χ1n) is 11.2. The number of fused-ring (bicyclic) bond motifs is 1. The number of aromatic nitrogens is 3. The van der Waals surface area contributed by atoms with E-state index < -0.39 is 0 Å². The Hall–Kier alpha value is -3.03. The second-order valence-corrected chi connectivity index (χ2v) is 9.04. The van der Waals surface area contributed by atoms with E-state index in [9.17, 15) is 5.11 Å². The van der Waals surface area contributed by atoms with E-state index in [0.717, 1.165) is 61.7 Å². The third kappa shape index (κ3) is 4.84. The number of rotatable bonds is 6. The third-order valence-electron chi connectivity index (χ3n) is 6.14. The van der Waals surface area contributed by atoms with E-state index in [1.165, 1.54) is 0 Å². The fourth-order valence-corrected chi connectivity index (χ4v) is 4.77. The molecular weight excluding hydrogens is 433 g/mol. The van der Waals surface area contributed by atoms with E-state index in [1.807, 2.05) is 42.5 Å². The molecule has 0 spiro atoms. The van der Waals surface area contributed by atoms with E-state index in [-0.39, 0.29) is 0 Å². The summed E-state index contributed by atoms with van der Waals surface area (Å²) in [7, 11) is 6.14. The van der Waals surface area contributed by atoms with Crippen LogP contribution >= 0.6 is 11.6 Å². The van der Waals surface area contributed by atoms with Crippen molar-refractivity contribution >= 4 is 36.4 Å². The van der Waals surface area contributed by atoms with Gasteiger partial charge < -0.3 is 10.4 Å². The first-order valence-corrected chi connectivity index (χ1v) is 11.6. The zero-order valence-electron chi connectivity index (χ0n) is 18.3. The number of hydrogen-bond acceptors (Lipinski definition) is 5. The van der Waals surface area contributed by atoms with E-state index in [1.54, 1.807) is 16.8 Å². The van der Waals surface area contributed by atoms with Crippen LogP contribution in [-0.2, 0) is 6.54 Å². The van der Waals surface area contributed by atoms with Gasteiger partial charge in [0.1, 0.15) is 19.4 Å². The first kappa shape index (κ1) is 21.8. The molecule has 2 aromatic heterocycles. The van der Waals surface area contributed by atoms with Crippen LogP contribution in [0.3, 0.4) is 0 Å². The highest BCUT2D eigenvalue weighted by Crippen LogP contribution is 2.28. The average molecular weight is 458 g/mol.